The molecule has 0 radical (unpaired) electrons. The first-order valence-electron chi connectivity index (χ1n) is 8.35. The maximum absolute atomic E-state index is 12.9. The predicted octanol–water partition coefficient (Wildman–Crippen LogP) is 1.65. The summed E-state index contributed by atoms with van der Waals surface area (Å²) in [5, 5.41) is 7.27. The lowest BCUT2D eigenvalue weighted by Crippen LogP contribution is -3.09. The maximum Gasteiger partial charge on any atom is 0.166 e. The molecular weight excluding hydrogens is 321 g/mol. The van der Waals surface area contributed by atoms with Gasteiger partial charge in [0.2, 0.25) is 0 Å². The Morgan fingerprint density at radius 3 is 2.58 bits per heavy atom. The Morgan fingerprint density at radius 2 is 1.83 bits per heavy atom. The zero-order chi connectivity index (χ0) is 16.8. The molecule has 0 spiro atoms. The van der Waals surface area contributed by atoms with Gasteiger partial charge in [0.1, 0.15) is 12.4 Å². The van der Waals surface area contributed by atoms with E-state index in [9.17, 15) is 4.39 Å². The molecule has 0 saturated carbocycles. The quantitative estimate of drug-likeness (QED) is 0.721. The number of benzene rings is 2. The van der Waals surface area contributed by atoms with Crippen molar-refractivity contribution in [2.24, 2.45) is 0 Å². The minimum absolute atomic E-state index is 0.216. The van der Waals surface area contributed by atoms with Gasteiger partial charge < -0.3 is 15.5 Å². The standard InChI is InChI=1S/C19H22FN3S/c20-17-8-6-15(7-9-17)12-21-19(24)22-18-10-11-23(14-18)13-16-4-2-1-3-5-16/h1-9,18H,10-14H2,(H2,21,22,24)/p+1/t18-/m1/s1. The van der Waals surface area contributed by atoms with Crippen molar-refractivity contribution in [3.05, 3.63) is 71.5 Å². The second kappa shape index (κ2) is 8.22. The van der Waals surface area contributed by atoms with Crippen LogP contribution in [0.15, 0.2) is 54.6 Å². The van der Waals surface area contributed by atoms with Crippen molar-refractivity contribution in [2.45, 2.75) is 25.6 Å². The van der Waals surface area contributed by atoms with Gasteiger partial charge in [0.05, 0.1) is 19.1 Å². The van der Waals surface area contributed by atoms with E-state index in [2.05, 4.69) is 41.0 Å². The van der Waals surface area contributed by atoms with Gasteiger partial charge in [-0.1, -0.05) is 42.5 Å². The highest BCUT2D eigenvalue weighted by molar-refractivity contribution is 7.80. The highest BCUT2D eigenvalue weighted by Gasteiger charge is 2.26. The van der Waals surface area contributed by atoms with E-state index >= 15 is 0 Å². The fourth-order valence-corrected chi connectivity index (χ4v) is 3.36. The van der Waals surface area contributed by atoms with Gasteiger partial charge in [-0.2, -0.15) is 0 Å². The van der Waals surface area contributed by atoms with Gasteiger partial charge in [-0.05, 0) is 29.9 Å². The van der Waals surface area contributed by atoms with E-state index in [0.29, 0.717) is 17.7 Å². The van der Waals surface area contributed by atoms with Crippen LogP contribution in [0.3, 0.4) is 0 Å². The van der Waals surface area contributed by atoms with Crippen molar-refractivity contribution in [1.82, 2.24) is 10.6 Å². The zero-order valence-electron chi connectivity index (χ0n) is 13.6. The summed E-state index contributed by atoms with van der Waals surface area (Å²) in [6.45, 7) is 3.91. The average Bonchev–Trinajstić information content (AvgIpc) is 3.02. The largest absolute Gasteiger partial charge is 0.359 e. The van der Waals surface area contributed by atoms with Crippen LogP contribution in [-0.2, 0) is 13.1 Å². The predicted molar refractivity (Wildman–Crippen MR) is 98.2 cm³/mol. The van der Waals surface area contributed by atoms with Gasteiger partial charge >= 0.3 is 0 Å². The molecule has 1 unspecified atom stereocenters. The van der Waals surface area contributed by atoms with E-state index in [0.717, 1.165) is 31.6 Å². The molecule has 2 atom stereocenters. The molecule has 0 aliphatic carbocycles. The molecule has 0 amide bonds. The van der Waals surface area contributed by atoms with Gasteiger partial charge in [-0.25, -0.2) is 4.39 Å². The summed E-state index contributed by atoms with van der Waals surface area (Å²) in [5.41, 5.74) is 2.40. The number of halogens is 1. The van der Waals surface area contributed by atoms with Crippen molar-refractivity contribution in [3.63, 3.8) is 0 Å². The Labute approximate surface area is 147 Å². The topological polar surface area (TPSA) is 28.5 Å². The first-order chi connectivity index (χ1) is 11.7. The SMILES string of the molecule is Fc1ccc(CNC(=S)N[C@@H]2CC[NH+](Cc3ccccc3)C2)cc1. The molecular formula is C19H23FN3S+. The Kier molecular flexibility index (Phi) is 5.77. The summed E-state index contributed by atoms with van der Waals surface area (Å²) in [4.78, 5) is 1.58. The third-order valence-electron chi connectivity index (χ3n) is 4.38. The molecule has 2 aromatic carbocycles. The van der Waals surface area contributed by atoms with E-state index in [1.54, 1.807) is 17.0 Å². The zero-order valence-corrected chi connectivity index (χ0v) is 14.4. The Balaban J connectivity index is 1.40. The van der Waals surface area contributed by atoms with E-state index in [1.807, 2.05) is 0 Å². The van der Waals surface area contributed by atoms with Crippen molar-refractivity contribution in [3.8, 4) is 0 Å². The highest BCUT2D eigenvalue weighted by atomic mass is 32.1. The fourth-order valence-electron chi connectivity index (χ4n) is 3.12. The van der Waals surface area contributed by atoms with Crippen LogP contribution in [0.1, 0.15) is 17.5 Å². The monoisotopic (exact) mass is 344 g/mol. The Hall–Kier alpha value is -1.98. The molecule has 1 aliphatic rings. The van der Waals surface area contributed by atoms with Gasteiger partial charge in [0.15, 0.2) is 5.11 Å². The van der Waals surface area contributed by atoms with Crippen LogP contribution in [0.25, 0.3) is 0 Å². The molecule has 1 aliphatic heterocycles. The molecule has 3 rings (SSSR count). The first-order valence-corrected chi connectivity index (χ1v) is 8.76. The number of quaternary nitrogens is 1. The van der Waals surface area contributed by atoms with Crippen LogP contribution in [0.4, 0.5) is 4.39 Å². The molecule has 126 valence electrons. The average molecular weight is 344 g/mol. The maximum atomic E-state index is 12.9. The summed E-state index contributed by atoms with van der Waals surface area (Å²) in [6, 6.07) is 17.5. The second-order valence-corrected chi connectivity index (χ2v) is 6.71. The Bertz CT molecular complexity index is 660. The van der Waals surface area contributed by atoms with Gasteiger partial charge in [-0.3, -0.25) is 0 Å². The molecule has 2 aromatic rings. The van der Waals surface area contributed by atoms with Crippen molar-refractivity contribution >= 4 is 17.3 Å². The van der Waals surface area contributed by atoms with Crippen LogP contribution >= 0.6 is 12.2 Å². The van der Waals surface area contributed by atoms with E-state index in [1.165, 1.54) is 17.7 Å². The number of nitrogens with one attached hydrogen (secondary N) is 3. The third kappa shape index (κ3) is 5.01. The summed E-state index contributed by atoms with van der Waals surface area (Å²) < 4.78 is 12.9. The lowest BCUT2D eigenvalue weighted by Gasteiger charge is -2.16. The van der Waals surface area contributed by atoms with Gasteiger partial charge in [0, 0.05) is 18.5 Å². The van der Waals surface area contributed by atoms with Crippen molar-refractivity contribution < 1.29 is 9.29 Å². The number of hydrogen-bond donors (Lipinski definition) is 3. The number of hydrogen-bond acceptors (Lipinski definition) is 1. The van der Waals surface area contributed by atoms with E-state index in [-0.39, 0.29) is 5.82 Å². The van der Waals surface area contributed by atoms with E-state index < -0.39 is 0 Å². The summed E-state index contributed by atoms with van der Waals surface area (Å²) in [6.07, 6.45) is 1.13. The van der Waals surface area contributed by atoms with Gasteiger partial charge in [0.25, 0.3) is 0 Å². The van der Waals surface area contributed by atoms with Crippen LogP contribution in [0, 0.1) is 5.82 Å². The molecule has 5 heteroatoms. The molecule has 0 aromatic heterocycles. The minimum atomic E-state index is -0.216. The smallest absolute Gasteiger partial charge is 0.166 e. The minimum Gasteiger partial charge on any atom is -0.359 e. The van der Waals surface area contributed by atoms with Crippen LogP contribution in [0.2, 0.25) is 0 Å². The lowest BCUT2D eigenvalue weighted by atomic mass is 10.2. The van der Waals surface area contributed by atoms with E-state index in [4.69, 9.17) is 12.2 Å². The molecule has 3 nitrogen and oxygen atoms in total. The number of thiocarbonyl (C=S) groups is 1. The third-order valence-corrected chi connectivity index (χ3v) is 4.64. The molecule has 1 fully saturated rings. The lowest BCUT2D eigenvalue weighted by molar-refractivity contribution is -0.901. The molecule has 3 N–H and O–H groups in total. The number of rotatable bonds is 5. The fraction of sp³-hybridized carbons (Fsp3) is 0.316. The molecule has 1 saturated heterocycles. The molecule has 0 bridgehead atoms. The first kappa shape index (κ1) is 16.9. The van der Waals surface area contributed by atoms with Crippen LogP contribution < -0.4 is 15.5 Å². The second-order valence-electron chi connectivity index (χ2n) is 6.31. The summed E-state index contributed by atoms with van der Waals surface area (Å²) in [5.74, 6) is -0.216. The number of likely N-dealkylation sites (tertiary alicyclic amines) is 1. The summed E-state index contributed by atoms with van der Waals surface area (Å²) >= 11 is 5.38. The van der Waals surface area contributed by atoms with Crippen molar-refractivity contribution in [1.29, 1.82) is 0 Å². The molecule has 1 heterocycles. The Morgan fingerprint density at radius 1 is 1.08 bits per heavy atom. The van der Waals surface area contributed by atoms with Crippen molar-refractivity contribution in [2.75, 3.05) is 13.1 Å². The van der Waals surface area contributed by atoms with Crippen LogP contribution in [-0.4, -0.2) is 24.2 Å². The highest BCUT2D eigenvalue weighted by Crippen LogP contribution is 2.02. The van der Waals surface area contributed by atoms with Gasteiger partial charge in [-0.15, -0.1) is 0 Å². The van der Waals surface area contributed by atoms with Crippen LogP contribution in [0.5, 0.6) is 0 Å². The molecule has 24 heavy (non-hydrogen) atoms. The summed E-state index contributed by atoms with van der Waals surface area (Å²) in [7, 11) is 0. The normalized spacial score (nSPS) is 19.9.